The van der Waals surface area contributed by atoms with Crippen molar-refractivity contribution in [3.8, 4) is 0 Å². The van der Waals surface area contributed by atoms with Crippen molar-refractivity contribution in [2.45, 2.75) is 0 Å². The molecule has 0 spiro atoms. The minimum atomic E-state index is -2.56. The molecule has 1 rings (SSSR count). The zero-order chi connectivity index (χ0) is 6.69. The van der Waals surface area contributed by atoms with E-state index in [2.05, 4.69) is 4.42 Å². The molecule has 0 amide bonds. The summed E-state index contributed by atoms with van der Waals surface area (Å²) >= 11 is 0. The molecule has 9 heavy (non-hydrogen) atoms. The van der Waals surface area contributed by atoms with E-state index in [1.807, 2.05) is 0 Å². The second-order valence-electron chi connectivity index (χ2n) is 1.40. The third kappa shape index (κ3) is 1.56. The average Bonchev–Trinajstić information content (AvgIpc) is 1.90. The van der Waals surface area contributed by atoms with Gasteiger partial charge in [0.1, 0.15) is 0 Å². The molecule has 4 heteroatoms. The van der Waals surface area contributed by atoms with E-state index in [0.29, 0.717) is 0 Å². The number of hydrogen-bond acceptors (Lipinski definition) is 2. The van der Waals surface area contributed by atoms with Crippen LogP contribution in [0.5, 0.6) is 0 Å². The van der Waals surface area contributed by atoms with E-state index in [0.717, 1.165) is 0 Å². The monoisotopic (exact) mass is 143 g/mol. The molecule has 0 N–H and O–H groups in total. The van der Waals surface area contributed by atoms with Crippen LogP contribution in [0.15, 0.2) is 28.9 Å². The lowest BCUT2D eigenvalue weighted by Gasteiger charge is -1.72. The first kappa shape index (κ1) is 6.33. The van der Waals surface area contributed by atoms with Crippen LogP contribution in [0, 0.1) is 0 Å². The van der Waals surface area contributed by atoms with Gasteiger partial charge in [0.15, 0.2) is 0 Å². The summed E-state index contributed by atoms with van der Waals surface area (Å²) in [6.45, 7) is 0. The highest BCUT2D eigenvalue weighted by atomic mass is 31.1. The van der Waals surface area contributed by atoms with Gasteiger partial charge in [-0.3, -0.25) is 0 Å². The molecule has 1 unspecified atom stereocenters. The highest BCUT2D eigenvalue weighted by Gasteiger charge is 2.19. The van der Waals surface area contributed by atoms with Crippen LogP contribution in [-0.2, 0) is 4.57 Å². The van der Waals surface area contributed by atoms with Gasteiger partial charge < -0.3 is 4.89 Å². The van der Waals surface area contributed by atoms with Gasteiger partial charge >= 0.3 is 19.8 Å². The fourth-order valence-electron chi connectivity index (χ4n) is 0.435. The van der Waals surface area contributed by atoms with Crippen molar-refractivity contribution < 1.29 is 13.9 Å². The molecule has 3 nitrogen and oxygen atoms in total. The smallest absolute Gasteiger partial charge is 0.554 e. The summed E-state index contributed by atoms with van der Waals surface area (Å²) < 4.78 is 14.7. The maximum absolute atomic E-state index is 10.1. The molecule has 0 aliphatic carbocycles. The van der Waals surface area contributed by atoms with Crippen molar-refractivity contribution in [2.75, 3.05) is 0 Å². The molecule has 1 aromatic heterocycles. The zero-order valence-electron chi connectivity index (χ0n) is 4.48. The standard InChI is InChI=1S/C5H4O3P/c6-9(7)5-3-1-2-4-8-5/h1-4H/q+1. The van der Waals surface area contributed by atoms with Crippen LogP contribution >= 0.6 is 8.03 Å². The Kier molecular flexibility index (Phi) is 1.88. The van der Waals surface area contributed by atoms with E-state index in [1.54, 1.807) is 12.1 Å². The van der Waals surface area contributed by atoms with E-state index >= 15 is 0 Å². The van der Waals surface area contributed by atoms with Crippen molar-refractivity contribution in [3.63, 3.8) is 0 Å². The Labute approximate surface area is 52.8 Å². The van der Waals surface area contributed by atoms with E-state index in [9.17, 15) is 9.46 Å². The molecule has 0 aliphatic rings. The molecule has 0 saturated heterocycles. The van der Waals surface area contributed by atoms with Gasteiger partial charge in [0, 0.05) is 6.07 Å². The summed E-state index contributed by atoms with van der Waals surface area (Å²) in [4.78, 5) is 10.1. The Morgan fingerprint density at radius 2 is 2.33 bits per heavy atom. The summed E-state index contributed by atoms with van der Waals surface area (Å²) in [7, 11) is -2.56. The third-order valence-corrected chi connectivity index (χ3v) is 1.41. The Bertz CT molecular complexity index is 209. The summed E-state index contributed by atoms with van der Waals surface area (Å²) in [5, 5.41) is 0. The van der Waals surface area contributed by atoms with Crippen LogP contribution in [0.3, 0.4) is 0 Å². The Morgan fingerprint density at radius 1 is 1.56 bits per heavy atom. The number of rotatable bonds is 1. The summed E-state index contributed by atoms with van der Waals surface area (Å²) in [5.41, 5.74) is -0.00694. The van der Waals surface area contributed by atoms with Gasteiger partial charge in [-0.2, -0.15) is 4.42 Å². The van der Waals surface area contributed by atoms with E-state index in [4.69, 9.17) is 0 Å². The molecule has 0 aliphatic heterocycles. The molecule has 0 fully saturated rings. The highest BCUT2D eigenvalue weighted by Crippen LogP contribution is 2.04. The van der Waals surface area contributed by atoms with Crippen LogP contribution < -0.4 is 10.4 Å². The first-order chi connectivity index (χ1) is 4.30. The average molecular weight is 143 g/mol. The largest absolute Gasteiger partial charge is 0.584 e. The van der Waals surface area contributed by atoms with Crippen LogP contribution in [0.1, 0.15) is 0 Å². The first-order valence-corrected chi connectivity index (χ1v) is 3.49. The molecule has 1 heterocycles. The maximum Gasteiger partial charge on any atom is 0.554 e. The molecular formula is C5H4O3P+. The minimum absolute atomic E-state index is 0.00694. The Morgan fingerprint density at radius 3 is 2.67 bits per heavy atom. The van der Waals surface area contributed by atoms with Crippen molar-refractivity contribution in [1.29, 1.82) is 0 Å². The van der Waals surface area contributed by atoms with E-state index < -0.39 is 8.03 Å². The fraction of sp³-hybridized carbons (Fsp3) is 0. The lowest BCUT2D eigenvalue weighted by Crippen LogP contribution is -2.02. The van der Waals surface area contributed by atoms with Gasteiger partial charge in [-0.05, 0) is 6.07 Å². The third-order valence-electron chi connectivity index (χ3n) is 0.797. The van der Waals surface area contributed by atoms with Gasteiger partial charge in [-0.15, -0.1) is 0 Å². The predicted molar refractivity (Wildman–Crippen MR) is 30.4 cm³/mol. The van der Waals surface area contributed by atoms with Crippen LogP contribution in [-0.4, -0.2) is 0 Å². The van der Waals surface area contributed by atoms with Gasteiger partial charge in [0.25, 0.3) is 0 Å². The molecular weight excluding hydrogens is 139 g/mol. The van der Waals surface area contributed by atoms with Crippen LogP contribution in [0.25, 0.3) is 0 Å². The predicted octanol–water partition coefficient (Wildman–Crippen LogP) is 0.289. The number of hydrogen-bond donors (Lipinski definition) is 0. The molecule has 0 bridgehead atoms. The first-order valence-electron chi connectivity index (χ1n) is 2.32. The van der Waals surface area contributed by atoms with Crippen molar-refractivity contribution in [1.82, 2.24) is 0 Å². The topological polar surface area (TPSA) is 51.4 Å². The SMILES string of the molecule is O=[P+]([O-])c1cccc[o+]1. The van der Waals surface area contributed by atoms with Crippen LogP contribution in [0.2, 0.25) is 0 Å². The van der Waals surface area contributed by atoms with Gasteiger partial charge in [0.05, 0.1) is 6.07 Å². The van der Waals surface area contributed by atoms with Gasteiger partial charge in [0.2, 0.25) is 0 Å². The Hall–Kier alpha value is -0.790. The maximum atomic E-state index is 10.1. The summed E-state index contributed by atoms with van der Waals surface area (Å²) in [6.07, 6.45) is 1.32. The molecule has 0 radical (unpaired) electrons. The Balaban J connectivity index is 2.98. The minimum Gasteiger partial charge on any atom is -0.584 e. The molecule has 46 valence electrons. The highest BCUT2D eigenvalue weighted by molar-refractivity contribution is 7.45. The second kappa shape index (κ2) is 2.67. The molecule has 1 atom stereocenters. The van der Waals surface area contributed by atoms with Crippen molar-refractivity contribution >= 4 is 13.5 Å². The van der Waals surface area contributed by atoms with Crippen molar-refractivity contribution in [2.24, 2.45) is 0 Å². The van der Waals surface area contributed by atoms with E-state index in [1.165, 1.54) is 12.3 Å². The van der Waals surface area contributed by atoms with Gasteiger partial charge in [-0.1, -0.05) is 4.57 Å². The second-order valence-corrected chi connectivity index (χ2v) is 2.36. The van der Waals surface area contributed by atoms with Crippen molar-refractivity contribution in [3.05, 3.63) is 24.5 Å². The molecule has 1 aromatic rings. The van der Waals surface area contributed by atoms with E-state index in [-0.39, 0.29) is 5.50 Å². The quantitative estimate of drug-likeness (QED) is 0.419. The molecule has 0 saturated carbocycles. The molecule has 0 aromatic carbocycles. The lowest BCUT2D eigenvalue weighted by atomic mass is 10.5. The lowest BCUT2D eigenvalue weighted by molar-refractivity contribution is -0.161. The zero-order valence-corrected chi connectivity index (χ0v) is 5.38. The van der Waals surface area contributed by atoms with Crippen LogP contribution in [0.4, 0.5) is 0 Å². The summed E-state index contributed by atoms with van der Waals surface area (Å²) in [5.74, 6) is 0. The van der Waals surface area contributed by atoms with Gasteiger partial charge in [-0.25, -0.2) is 0 Å². The normalized spacial score (nSPS) is 11.0. The fourth-order valence-corrected chi connectivity index (χ4v) is 0.790. The summed E-state index contributed by atoms with van der Waals surface area (Å²) in [6, 6.07) is 4.61.